The van der Waals surface area contributed by atoms with E-state index in [0.717, 1.165) is 44.2 Å². The first-order chi connectivity index (χ1) is 11.1. The van der Waals surface area contributed by atoms with Gasteiger partial charge in [-0.1, -0.05) is 12.1 Å². The van der Waals surface area contributed by atoms with Gasteiger partial charge in [-0.05, 0) is 62.4 Å². The van der Waals surface area contributed by atoms with Crippen molar-refractivity contribution in [1.29, 1.82) is 0 Å². The maximum atomic E-state index is 11.7. The van der Waals surface area contributed by atoms with Gasteiger partial charge in [0.25, 0.3) is 0 Å². The summed E-state index contributed by atoms with van der Waals surface area (Å²) in [4.78, 5) is 11.7. The zero-order valence-corrected chi connectivity index (χ0v) is 13.5. The fraction of sp³-hybridized carbons (Fsp3) is 0.500. The molecule has 0 unspecified atom stereocenters. The number of phenols is 1. The van der Waals surface area contributed by atoms with E-state index < -0.39 is 0 Å². The third-order valence-corrected chi connectivity index (χ3v) is 4.18. The van der Waals surface area contributed by atoms with Crippen LogP contribution >= 0.6 is 0 Å². The Balaban J connectivity index is 1.55. The van der Waals surface area contributed by atoms with Gasteiger partial charge >= 0.3 is 0 Å². The molecule has 5 nitrogen and oxygen atoms in total. The summed E-state index contributed by atoms with van der Waals surface area (Å²) in [5, 5.41) is 15.6. The highest BCUT2D eigenvalue weighted by atomic mass is 16.3. The third-order valence-electron chi connectivity index (χ3n) is 4.18. The Labute approximate surface area is 138 Å². The van der Waals surface area contributed by atoms with Crippen LogP contribution in [-0.2, 0) is 4.79 Å². The van der Waals surface area contributed by atoms with Crippen LogP contribution in [0.4, 0.5) is 0 Å². The fourth-order valence-corrected chi connectivity index (χ4v) is 2.75. The van der Waals surface area contributed by atoms with Gasteiger partial charge < -0.3 is 21.5 Å². The number of carbonyl (C=O) groups is 1. The Bertz CT molecular complexity index is 506. The van der Waals surface area contributed by atoms with Gasteiger partial charge in [-0.2, -0.15) is 0 Å². The van der Waals surface area contributed by atoms with Crippen molar-refractivity contribution < 1.29 is 9.90 Å². The van der Waals surface area contributed by atoms with E-state index in [2.05, 4.69) is 10.6 Å². The molecule has 0 atom stereocenters. The van der Waals surface area contributed by atoms with Crippen LogP contribution < -0.4 is 16.4 Å². The van der Waals surface area contributed by atoms with Crippen molar-refractivity contribution in [3.05, 3.63) is 35.9 Å². The highest BCUT2D eigenvalue weighted by Crippen LogP contribution is 2.16. The molecule has 1 aliphatic rings. The van der Waals surface area contributed by atoms with Crippen LogP contribution in [0.25, 0.3) is 6.08 Å². The molecule has 1 amide bonds. The van der Waals surface area contributed by atoms with Crippen LogP contribution in [0.5, 0.6) is 5.75 Å². The molecule has 23 heavy (non-hydrogen) atoms. The number of aromatic hydroxyl groups is 1. The van der Waals surface area contributed by atoms with Crippen LogP contribution in [0.1, 0.15) is 37.7 Å². The van der Waals surface area contributed by atoms with E-state index in [1.54, 1.807) is 30.3 Å². The molecule has 0 radical (unpaired) electrons. The summed E-state index contributed by atoms with van der Waals surface area (Å²) >= 11 is 0. The molecule has 1 aromatic carbocycles. The fourth-order valence-electron chi connectivity index (χ4n) is 2.75. The summed E-state index contributed by atoms with van der Waals surface area (Å²) in [6.45, 7) is 1.58. The van der Waals surface area contributed by atoms with Crippen molar-refractivity contribution in [2.24, 2.45) is 5.73 Å². The predicted molar refractivity (Wildman–Crippen MR) is 93.0 cm³/mol. The zero-order valence-electron chi connectivity index (χ0n) is 13.5. The van der Waals surface area contributed by atoms with Crippen LogP contribution in [0.15, 0.2) is 30.3 Å². The lowest BCUT2D eigenvalue weighted by molar-refractivity contribution is -0.116. The van der Waals surface area contributed by atoms with Crippen molar-refractivity contribution in [1.82, 2.24) is 10.6 Å². The maximum Gasteiger partial charge on any atom is 0.243 e. The molecule has 1 aromatic rings. The minimum atomic E-state index is -0.0956. The summed E-state index contributed by atoms with van der Waals surface area (Å²) in [6.07, 6.45) is 8.70. The SMILES string of the molecule is NC1CCC(NCCCNC(=O)/C=C/c2ccc(O)cc2)CC1. The van der Waals surface area contributed by atoms with Gasteiger partial charge in [0.15, 0.2) is 0 Å². The molecule has 0 aromatic heterocycles. The van der Waals surface area contributed by atoms with Gasteiger partial charge in [-0.25, -0.2) is 0 Å². The van der Waals surface area contributed by atoms with Gasteiger partial charge in [0, 0.05) is 24.7 Å². The highest BCUT2D eigenvalue weighted by molar-refractivity contribution is 5.91. The molecular weight excluding hydrogens is 290 g/mol. The van der Waals surface area contributed by atoms with Gasteiger partial charge in [0.1, 0.15) is 5.75 Å². The number of benzene rings is 1. The third kappa shape index (κ3) is 6.84. The van der Waals surface area contributed by atoms with E-state index in [9.17, 15) is 9.90 Å². The molecule has 0 aliphatic heterocycles. The first-order valence-electron chi connectivity index (χ1n) is 8.37. The molecule has 1 fully saturated rings. The Kier molecular flexibility index (Phi) is 7.10. The van der Waals surface area contributed by atoms with Gasteiger partial charge in [-0.3, -0.25) is 4.79 Å². The van der Waals surface area contributed by atoms with Crippen molar-refractivity contribution in [2.45, 2.75) is 44.2 Å². The minimum Gasteiger partial charge on any atom is -0.508 e. The average Bonchev–Trinajstić information content (AvgIpc) is 2.56. The lowest BCUT2D eigenvalue weighted by Crippen LogP contribution is -2.38. The molecule has 1 saturated carbocycles. The lowest BCUT2D eigenvalue weighted by atomic mass is 9.92. The molecule has 0 bridgehead atoms. The number of phenolic OH excluding ortho intramolecular Hbond substituents is 1. The first-order valence-corrected chi connectivity index (χ1v) is 8.37. The van der Waals surface area contributed by atoms with Gasteiger partial charge in [0.05, 0.1) is 0 Å². The Morgan fingerprint density at radius 1 is 1.17 bits per heavy atom. The second-order valence-electron chi connectivity index (χ2n) is 6.14. The lowest BCUT2D eigenvalue weighted by Gasteiger charge is -2.26. The Morgan fingerprint density at radius 3 is 2.57 bits per heavy atom. The van der Waals surface area contributed by atoms with E-state index in [1.165, 1.54) is 6.08 Å². The van der Waals surface area contributed by atoms with Crippen LogP contribution in [0.3, 0.4) is 0 Å². The van der Waals surface area contributed by atoms with Crippen molar-refractivity contribution >= 4 is 12.0 Å². The van der Waals surface area contributed by atoms with E-state index in [-0.39, 0.29) is 11.7 Å². The number of nitrogens with two attached hydrogens (primary N) is 1. The first kappa shape index (κ1) is 17.5. The van der Waals surface area contributed by atoms with Crippen molar-refractivity contribution in [3.8, 4) is 5.75 Å². The number of hydrogen-bond donors (Lipinski definition) is 4. The maximum absolute atomic E-state index is 11.7. The largest absolute Gasteiger partial charge is 0.508 e. The van der Waals surface area contributed by atoms with Crippen molar-refractivity contribution in [2.75, 3.05) is 13.1 Å². The minimum absolute atomic E-state index is 0.0956. The summed E-state index contributed by atoms with van der Waals surface area (Å²) < 4.78 is 0. The summed E-state index contributed by atoms with van der Waals surface area (Å²) in [5.41, 5.74) is 6.77. The smallest absolute Gasteiger partial charge is 0.243 e. The molecule has 2 rings (SSSR count). The molecule has 0 heterocycles. The zero-order chi connectivity index (χ0) is 16.5. The monoisotopic (exact) mass is 317 g/mol. The standard InChI is InChI=1S/C18H27N3O2/c19-15-5-7-16(8-6-15)20-12-1-13-21-18(23)11-4-14-2-9-17(22)10-3-14/h2-4,9-11,15-16,20,22H,1,5-8,12-13,19H2,(H,21,23)/b11-4+. The van der Waals surface area contributed by atoms with Gasteiger partial charge in [-0.15, -0.1) is 0 Å². The molecular formula is C18H27N3O2. The summed E-state index contributed by atoms with van der Waals surface area (Å²) in [6, 6.07) is 7.69. The summed E-state index contributed by atoms with van der Waals surface area (Å²) in [7, 11) is 0. The molecule has 1 aliphatic carbocycles. The van der Waals surface area contributed by atoms with Crippen LogP contribution in [0.2, 0.25) is 0 Å². The normalized spacial score (nSPS) is 21.4. The highest BCUT2D eigenvalue weighted by Gasteiger charge is 2.17. The summed E-state index contributed by atoms with van der Waals surface area (Å²) in [5.74, 6) is 0.126. The number of amides is 1. The van der Waals surface area contributed by atoms with Gasteiger partial charge in [0.2, 0.25) is 5.91 Å². The van der Waals surface area contributed by atoms with E-state index in [1.807, 2.05) is 0 Å². The average molecular weight is 317 g/mol. The van der Waals surface area contributed by atoms with E-state index >= 15 is 0 Å². The molecule has 0 saturated heterocycles. The number of rotatable bonds is 7. The van der Waals surface area contributed by atoms with Crippen LogP contribution in [-0.4, -0.2) is 36.2 Å². The molecule has 126 valence electrons. The second kappa shape index (κ2) is 9.33. The Morgan fingerprint density at radius 2 is 1.87 bits per heavy atom. The topological polar surface area (TPSA) is 87.4 Å². The van der Waals surface area contributed by atoms with E-state index in [4.69, 9.17) is 5.73 Å². The quantitative estimate of drug-likeness (QED) is 0.456. The van der Waals surface area contributed by atoms with Crippen molar-refractivity contribution in [3.63, 3.8) is 0 Å². The predicted octanol–water partition coefficient (Wildman–Crippen LogP) is 1.77. The molecule has 5 N–H and O–H groups in total. The molecule has 0 spiro atoms. The number of nitrogens with one attached hydrogen (secondary N) is 2. The second-order valence-corrected chi connectivity index (χ2v) is 6.14. The van der Waals surface area contributed by atoms with Crippen LogP contribution in [0, 0.1) is 0 Å². The Hall–Kier alpha value is -1.85. The number of carbonyl (C=O) groups excluding carboxylic acids is 1. The number of hydrogen-bond acceptors (Lipinski definition) is 4. The molecule has 5 heteroatoms. The van der Waals surface area contributed by atoms with E-state index in [0.29, 0.717) is 18.6 Å².